The van der Waals surface area contributed by atoms with Gasteiger partial charge in [0.2, 0.25) is 0 Å². The van der Waals surface area contributed by atoms with Crippen molar-refractivity contribution in [2.45, 2.75) is 0 Å². The van der Waals surface area contributed by atoms with Crippen molar-refractivity contribution in [3.05, 3.63) is 58.9 Å². The lowest BCUT2D eigenvalue weighted by atomic mass is 10.2. The maximum atomic E-state index is 13.3. The molecule has 3 nitrogen and oxygen atoms in total. The van der Waals surface area contributed by atoms with E-state index in [1.54, 1.807) is 0 Å². The number of nitrogens with one attached hydrogen (secondary N) is 1. The zero-order valence-electron chi connectivity index (χ0n) is 8.95. The third kappa shape index (κ3) is 2.81. The van der Waals surface area contributed by atoms with Crippen molar-refractivity contribution in [1.29, 1.82) is 0 Å². The Kier molecular flexibility index (Phi) is 3.53. The second-order valence-corrected chi connectivity index (χ2v) is 3.83. The van der Waals surface area contributed by atoms with Crippen molar-refractivity contribution >= 4 is 23.2 Å². The number of amides is 1. The molecule has 18 heavy (non-hydrogen) atoms. The summed E-state index contributed by atoms with van der Waals surface area (Å²) in [5, 5.41) is 2.58. The predicted molar refractivity (Wildman–Crippen MR) is 63.6 cm³/mol. The minimum atomic E-state index is -0.797. The van der Waals surface area contributed by atoms with Crippen LogP contribution in [-0.4, -0.2) is 10.9 Å². The lowest BCUT2D eigenvalue weighted by Crippen LogP contribution is -2.14. The Bertz CT molecular complexity index is 604. The molecule has 1 aromatic heterocycles. The van der Waals surface area contributed by atoms with Crippen molar-refractivity contribution in [3.63, 3.8) is 0 Å². The van der Waals surface area contributed by atoms with E-state index >= 15 is 0 Å². The van der Waals surface area contributed by atoms with Crippen molar-refractivity contribution in [3.8, 4) is 0 Å². The van der Waals surface area contributed by atoms with E-state index in [0.29, 0.717) is 5.69 Å². The van der Waals surface area contributed by atoms with Gasteiger partial charge in [0.05, 0.1) is 5.56 Å². The first kappa shape index (κ1) is 12.4. The third-order valence-corrected chi connectivity index (χ3v) is 2.36. The Hall–Kier alpha value is -2.01. The van der Waals surface area contributed by atoms with Crippen LogP contribution in [0, 0.1) is 11.6 Å². The second kappa shape index (κ2) is 5.10. The Labute approximate surface area is 106 Å². The average Bonchev–Trinajstić information content (AvgIpc) is 2.32. The highest BCUT2D eigenvalue weighted by Crippen LogP contribution is 2.15. The van der Waals surface area contributed by atoms with Crippen LogP contribution in [0.25, 0.3) is 0 Å². The molecule has 0 fully saturated rings. The topological polar surface area (TPSA) is 42.0 Å². The number of hydrogen-bond donors (Lipinski definition) is 1. The van der Waals surface area contributed by atoms with Crippen LogP contribution in [-0.2, 0) is 0 Å². The van der Waals surface area contributed by atoms with E-state index in [9.17, 15) is 13.6 Å². The molecule has 1 heterocycles. The van der Waals surface area contributed by atoms with Crippen molar-refractivity contribution in [2.24, 2.45) is 0 Å². The molecule has 0 bridgehead atoms. The Morgan fingerprint density at radius 1 is 1.22 bits per heavy atom. The molecule has 0 saturated heterocycles. The van der Waals surface area contributed by atoms with Gasteiger partial charge >= 0.3 is 0 Å². The molecule has 0 aliphatic carbocycles. The van der Waals surface area contributed by atoms with Crippen molar-refractivity contribution < 1.29 is 13.6 Å². The molecular formula is C12H7ClF2N2O. The van der Waals surface area contributed by atoms with Gasteiger partial charge in [0.1, 0.15) is 16.8 Å². The molecular weight excluding hydrogens is 262 g/mol. The SMILES string of the molecule is O=C(Nc1ccnc(Cl)c1)c1cc(F)ccc1F. The smallest absolute Gasteiger partial charge is 0.258 e. The summed E-state index contributed by atoms with van der Waals surface area (Å²) >= 11 is 5.63. The van der Waals surface area contributed by atoms with Gasteiger partial charge in [-0.05, 0) is 30.3 Å². The largest absolute Gasteiger partial charge is 0.322 e. The molecule has 0 aliphatic rings. The summed E-state index contributed by atoms with van der Waals surface area (Å²) in [6.07, 6.45) is 1.39. The number of halogens is 3. The molecule has 0 saturated carbocycles. The molecule has 1 N–H and O–H groups in total. The summed E-state index contributed by atoms with van der Waals surface area (Å²) in [7, 11) is 0. The summed E-state index contributed by atoms with van der Waals surface area (Å²) < 4.78 is 26.3. The summed E-state index contributed by atoms with van der Waals surface area (Å²) in [5.41, 5.74) is -0.0217. The maximum Gasteiger partial charge on any atom is 0.258 e. The van der Waals surface area contributed by atoms with Gasteiger partial charge in [-0.15, -0.1) is 0 Å². The quantitative estimate of drug-likeness (QED) is 0.850. The predicted octanol–water partition coefficient (Wildman–Crippen LogP) is 3.27. The minimum Gasteiger partial charge on any atom is -0.322 e. The maximum absolute atomic E-state index is 13.3. The van der Waals surface area contributed by atoms with E-state index in [-0.39, 0.29) is 10.7 Å². The first-order chi connectivity index (χ1) is 8.56. The Balaban J connectivity index is 2.24. The number of aromatic nitrogens is 1. The minimum absolute atomic E-state index is 0.188. The number of anilines is 1. The van der Waals surface area contributed by atoms with Crippen LogP contribution in [0.15, 0.2) is 36.5 Å². The van der Waals surface area contributed by atoms with Crippen LogP contribution >= 0.6 is 11.6 Å². The number of pyridine rings is 1. The fourth-order valence-electron chi connectivity index (χ4n) is 1.35. The Morgan fingerprint density at radius 3 is 2.72 bits per heavy atom. The van der Waals surface area contributed by atoms with Gasteiger partial charge < -0.3 is 5.32 Å². The average molecular weight is 269 g/mol. The number of carbonyl (C=O) groups is 1. The molecule has 0 spiro atoms. The number of hydrogen-bond acceptors (Lipinski definition) is 2. The van der Waals surface area contributed by atoms with Crippen LogP contribution < -0.4 is 5.32 Å². The van der Waals surface area contributed by atoms with Gasteiger partial charge in [0, 0.05) is 11.9 Å². The molecule has 2 rings (SSSR count). The van der Waals surface area contributed by atoms with Gasteiger partial charge in [0.15, 0.2) is 0 Å². The van der Waals surface area contributed by atoms with E-state index in [2.05, 4.69) is 10.3 Å². The number of nitrogens with zero attached hydrogens (tertiary/aromatic N) is 1. The second-order valence-electron chi connectivity index (χ2n) is 3.45. The van der Waals surface area contributed by atoms with Gasteiger partial charge in [-0.25, -0.2) is 13.8 Å². The monoisotopic (exact) mass is 268 g/mol. The Morgan fingerprint density at radius 2 is 2.00 bits per heavy atom. The lowest BCUT2D eigenvalue weighted by molar-refractivity contribution is 0.102. The van der Waals surface area contributed by atoms with Crippen molar-refractivity contribution in [1.82, 2.24) is 4.98 Å². The molecule has 0 aliphatic heterocycles. The molecule has 0 unspecified atom stereocenters. The first-order valence-electron chi connectivity index (χ1n) is 4.94. The fourth-order valence-corrected chi connectivity index (χ4v) is 1.52. The molecule has 0 atom stereocenters. The summed E-state index contributed by atoms with van der Waals surface area (Å²) in [6, 6.07) is 5.55. The van der Waals surface area contributed by atoms with E-state index in [1.807, 2.05) is 0 Å². The fraction of sp³-hybridized carbons (Fsp3) is 0. The summed E-state index contributed by atoms with van der Waals surface area (Å²) in [6.45, 7) is 0. The third-order valence-electron chi connectivity index (χ3n) is 2.16. The van der Waals surface area contributed by atoms with E-state index in [0.717, 1.165) is 18.2 Å². The van der Waals surface area contributed by atoms with E-state index in [1.165, 1.54) is 18.3 Å². The normalized spacial score (nSPS) is 10.2. The first-order valence-corrected chi connectivity index (χ1v) is 5.32. The van der Waals surface area contributed by atoms with Crippen LogP contribution in [0.3, 0.4) is 0 Å². The highest BCUT2D eigenvalue weighted by molar-refractivity contribution is 6.29. The zero-order valence-corrected chi connectivity index (χ0v) is 9.71. The number of benzene rings is 1. The molecule has 1 amide bonds. The molecule has 2 aromatic rings. The van der Waals surface area contributed by atoms with Gasteiger partial charge in [-0.2, -0.15) is 0 Å². The molecule has 6 heteroatoms. The standard InChI is InChI=1S/C12H7ClF2N2O/c13-11-6-8(3-4-16-11)17-12(18)9-5-7(14)1-2-10(9)15/h1-6H,(H,16,17,18). The number of rotatable bonds is 2. The van der Waals surface area contributed by atoms with E-state index < -0.39 is 17.5 Å². The lowest BCUT2D eigenvalue weighted by Gasteiger charge is -2.06. The highest BCUT2D eigenvalue weighted by Gasteiger charge is 2.13. The van der Waals surface area contributed by atoms with Crippen LogP contribution in [0.2, 0.25) is 5.15 Å². The summed E-state index contributed by atoms with van der Waals surface area (Å²) in [5.74, 6) is -2.24. The van der Waals surface area contributed by atoms with Crippen LogP contribution in [0.5, 0.6) is 0 Å². The molecule has 92 valence electrons. The van der Waals surface area contributed by atoms with E-state index in [4.69, 9.17) is 11.6 Å². The van der Waals surface area contributed by atoms with Gasteiger partial charge in [-0.3, -0.25) is 4.79 Å². The van der Waals surface area contributed by atoms with Crippen LogP contribution in [0.1, 0.15) is 10.4 Å². The molecule has 0 radical (unpaired) electrons. The zero-order chi connectivity index (χ0) is 13.1. The van der Waals surface area contributed by atoms with Crippen molar-refractivity contribution in [2.75, 3.05) is 5.32 Å². The molecule has 1 aromatic carbocycles. The van der Waals surface area contributed by atoms with Gasteiger partial charge in [0.25, 0.3) is 5.91 Å². The highest BCUT2D eigenvalue weighted by atomic mass is 35.5. The summed E-state index contributed by atoms with van der Waals surface area (Å²) in [4.78, 5) is 15.4. The number of carbonyl (C=O) groups excluding carboxylic acids is 1. The van der Waals surface area contributed by atoms with Gasteiger partial charge in [-0.1, -0.05) is 11.6 Å². The van der Waals surface area contributed by atoms with Crippen LogP contribution in [0.4, 0.5) is 14.5 Å².